The topological polar surface area (TPSA) is 49.8 Å². The molecule has 0 saturated carbocycles. The van der Waals surface area contributed by atoms with Crippen LogP contribution in [0.5, 0.6) is 0 Å². The van der Waals surface area contributed by atoms with Gasteiger partial charge in [0.25, 0.3) is 0 Å². The number of nitrogen functional groups attached to an aromatic ring is 1. The van der Waals surface area contributed by atoms with Crippen molar-refractivity contribution >= 4 is 27.1 Å². The number of aryl methyl sites for hydroxylation is 1. The number of anilines is 1. The predicted octanol–water partition coefficient (Wildman–Crippen LogP) is 2.92. The Balaban J connectivity index is 2.80. The number of benzene rings is 1. The number of rotatable bonds is 1. The molecule has 2 N–H and O–H groups in total. The van der Waals surface area contributed by atoms with Gasteiger partial charge in [-0.1, -0.05) is 6.92 Å². The molecule has 2 rings (SSSR count). The van der Waals surface area contributed by atoms with Gasteiger partial charge in [0.15, 0.2) is 0 Å². The van der Waals surface area contributed by atoms with E-state index in [-0.39, 0.29) is 0 Å². The zero-order valence-electron chi connectivity index (χ0n) is 7.87. The summed E-state index contributed by atoms with van der Waals surface area (Å²) >= 11 is 1.58. The fraction of sp³-hybridized carbons (Fsp3) is 0.182. The van der Waals surface area contributed by atoms with E-state index < -0.39 is 0 Å². The molecule has 0 aliphatic heterocycles. The highest BCUT2D eigenvalue weighted by molar-refractivity contribution is 7.17. The highest BCUT2D eigenvalue weighted by atomic mass is 32.1. The third-order valence-electron chi connectivity index (χ3n) is 2.29. The summed E-state index contributed by atoms with van der Waals surface area (Å²) in [5, 5.41) is 11.6. The molecular weight excluding hydrogens is 192 g/mol. The number of hydrogen-bond donors (Lipinski definition) is 1. The van der Waals surface area contributed by atoms with E-state index in [1.165, 1.54) is 5.56 Å². The van der Waals surface area contributed by atoms with Crippen LogP contribution < -0.4 is 5.73 Å². The van der Waals surface area contributed by atoms with Gasteiger partial charge in [0.05, 0.1) is 5.56 Å². The summed E-state index contributed by atoms with van der Waals surface area (Å²) in [6.45, 7) is 2.10. The number of thiophene rings is 1. The molecule has 3 heteroatoms. The molecule has 2 aromatic rings. The molecule has 1 aromatic carbocycles. The standard InChI is InChI=1S/C11H10N2S/c1-2-7-3-9(13)11-8(5-12)6-14-10(11)4-7/h3-4,6H,2,13H2,1H3. The lowest BCUT2D eigenvalue weighted by Crippen LogP contribution is -1.89. The molecule has 0 aliphatic rings. The largest absolute Gasteiger partial charge is 0.398 e. The summed E-state index contributed by atoms with van der Waals surface area (Å²) in [6.07, 6.45) is 0.972. The third-order valence-corrected chi connectivity index (χ3v) is 3.22. The van der Waals surface area contributed by atoms with E-state index in [0.717, 1.165) is 22.2 Å². The van der Waals surface area contributed by atoms with E-state index >= 15 is 0 Å². The zero-order chi connectivity index (χ0) is 10.1. The van der Waals surface area contributed by atoms with Gasteiger partial charge in [0, 0.05) is 21.2 Å². The Bertz CT molecular complexity index is 520. The molecule has 0 atom stereocenters. The maximum absolute atomic E-state index is 8.88. The second kappa shape index (κ2) is 3.32. The monoisotopic (exact) mass is 202 g/mol. The van der Waals surface area contributed by atoms with E-state index in [1.807, 2.05) is 11.4 Å². The first-order valence-electron chi connectivity index (χ1n) is 4.46. The van der Waals surface area contributed by atoms with Crippen LogP contribution in [0.25, 0.3) is 10.1 Å². The fourth-order valence-electron chi connectivity index (χ4n) is 1.55. The van der Waals surface area contributed by atoms with Gasteiger partial charge >= 0.3 is 0 Å². The van der Waals surface area contributed by atoms with Gasteiger partial charge in [-0.05, 0) is 24.1 Å². The number of nitriles is 1. The van der Waals surface area contributed by atoms with Crippen molar-refractivity contribution in [2.75, 3.05) is 5.73 Å². The maximum Gasteiger partial charge on any atom is 0.101 e. The smallest absolute Gasteiger partial charge is 0.101 e. The lowest BCUT2D eigenvalue weighted by Gasteiger charge is -2.01. The lowest BCUT2D eigenvalue weighted by molar-refractivity contribution is 1.15. The SMILES string of the molecule is CCc1cc(N)c2c(C#N)csc2c1. The molecule has 0 bridgehead atoms. The van der Waals surface area contributed by atoms with Crippen molar-refractivity contribution in [3.63, 3.8) is 0 Å². The van der Waals surface area contributed by atoms with Crippen molar-refractivity contribution in [1.29, 1.82) is 5.26 Å². The molecule has 0 radical (unpaired) electrons. The minimum atomic E-state index is 0.685. The van der Waals surface area contributed by atoms with Crippen molar-refractivity contribution < 1.29 is 0 Å². The quantitative estimate of drug-likeness (QED) is 0.723. The first-order valence-corrected chi connectivity index (χ1v) is 5.34. The molecule has 0 aliphatic carbocycles. The molecular formula is C11H10N2S. The zero-order valence-corrected chi connectivity index (χ0v) is 8.69. The Morgan fingerprint density at radius 2 is 2.29 bits per heavy atom. The molecule has 0 spiro atoms. The van der Waals surface area contributed by atoms with Crippen LogP contribution in [-0.2, 0) is 6.42 Å². The summed E-state index contributed by atoms with van der Waals surface area (Å²) in [7, 11) is 0. The summed E-state index contributed by atoms with van der Waals surface area (Å²) in [6, 6.07) is 6.22. The molecule has 2 nitrogen and oxygen atoms in total. The van der Waals surface area contributed by atoms with Crippen molar-refractivity contribution in [3.05, 3.63) is 28.6 Å². The Hall–Kier alpha value is -1.53. The maximum atomic E-state index is 8.88. The van der Waals surface area contributed by atoms with Crippen molar-refractivity contribution in [2.45, 2.75) is 13.3 Å². The Labute approximate surface area is 86.6 Å². The fourth-order valence-corrected chi connectivity index (χ4v) is 2.53. The summed E-state index contributed by atoms with van der Waals surface area (Å²) in [5.41, 5.74) is 8.54. The number of nitrogens with two attached hydrogens (primary N) is 1. The van der Waals surface area contributed by atoms with E-state index in [9.17, 15) is 0 Å². The first kappa shape index (κ1) is 9.04. The van der Waals surface area contributed by atoms with E-state index in [4.69, 9.17) is 11.0 Å². The highest BCUT2D eigenvalue weighted by Crippen LogP contribution is 2.31. The molecule has 0 fully saturated rings. The van der Waals surface area contributed by atoms with Crippen LogP contribution in [0.1, 0.15) is 18.1 Å². The van der Waals surface area contributed by atoms with E-state index in [0.29, 0.717) is 5.56 Å². The van der Waals surface area contributed by atoms with Crippen molar-refractivity contribution in [1.82, 2.24) is 0 Å². The second-order valence-electron chi connectivity index (χ2n) is 3.17. The van der Waals surface area contributed by atoms with Crippen LogP contribution in [0.15, 0.2) is 17.5 Å². The van der Waals surface area contributed by atoms with Gasteiger partial charge in [-0.25, -0.2) is 0 Å². The molecule has 0 saturated heterocycles. The van der Waals surface area contributed by atoms with Crippen LogP contribution in [0, 0.1) is 11.3 Å². The summed E-state index contributed by atoms with van der Waals surface area (Å²) < 4.78 is 1.11. The van der Waals surface area contributed by atoms with E-state index in [2.05, 4.69) is 19.1 Å². The molecule has 0 unspecified atom stereocenters. The van der Waals surface area contributed by atoms with Crippen LogP contribution in [0.3, 0.4) is 0 Å². The van der Waals surface area contributed by atoms with E-state index in [1.54, 1.807) is 11.3 Å². The normalized spacial score (nSPS) is 10.3. The van der Waals surface area contributed by atoms with Gasteiger partial charge in [-0.2, -0.15) is 5.26 Å². The summed E-state index contributed by atoms with van der Waals surface area (Å²) in [5.74, 6) is 0. The summed E-state index contributed by atoms with van der Waals surface area (Å²) in [4.78, 5) is 0. The van der Waals surface area contributed by atoms with Gasteiger partial charge in [-0.15, -0.1) is 11.3 Å². The first-order chi connectivity index (χ1) is 6.76. The molecule has 1 heterocycles. The van der Waals surface area contributed by atoms with Crippen molar-refractivity contribution in [2.24, 2.45) is 0 Å². The van der Waals surface area contributed by atoms with Crippen molar-refractivity contribution in [3.8, 4) is 6.07 Å². The average Bonchev–Trinajstić information content (AvgIpc) is 2.61. The number of fused-ring (bicyclic) bond motifs is 1. The Morgan fingerprint density at radius 1 is 1.50 bits per heavy atom. The molecule has 0 amide bonds. The Kier molecular flexibility index (Phi) is 2.14. The van der Waals surface area contributed by atoms with Crippen LogP contribution >= 0.6 is 11.3 Å². The Morgan fingerprint density at radius 3 is 2.93 bits per heavy atom. The highest BCUT2D eigenvalue weighted by Gasteiger charge is 2.07. The average molecular weight is 202 g/mol. The third kappa shape index (κ3) is 1.24. The lowest BCUT2D eigenvalue weighted by atomic mass is 10.1. The minimum absolute atomic E-state index is 0.685. The van der Waals surface area contributed by atoms with Gasteiger partial charge in [0.1, 0.15) is 6.07 Å². The van der Waals surface area contributed by atoms with Gasteiger partial charge in [0.2, 0.25) is 0 Å². The van der Waals surface area contributed by atoms with Crippen LogP contribution in [-0.4, -0.2) is 0 Å². The van der Waals surface area contributed by atoms with Crippen LogP contribution in [0.4, 0.5) is 5.69 Å². The molecule has 14 heavy (non-hydrogen) atoms. The van der Waals surface area contributed by atoms with Gasteiger partial charge < -0.3 is 5.73 Å². The number of nitrogens with zero attached hydrogens (tertiary/aromatic N) is 1. The van der Waals surface area contributed by atoms with Gasteiger partial charge in [-0.3, -0.25) is 0 Å². The van der Waals surface area contributed by atoms with Crippen LogP contribution in [0.2, 0.25) is 0 Å². The molecule has 70 valence electrons. The number of hydrogen-bond acceptors (Lipinski definition) is 3. The second-order valence-corrected chi connectivity index (χ2v) is 4.08. The minimum Gasteiger partial charge on any atom is -0.398 e. The predicted molar refractivity (Wildman–Crippen MR) is 60.3 cm³/mol. The molecule has 1 aromatic heterocycles.